The largest absolute Gasteiger partial charge is 0.374 e. The topological polar surface area (TPSA) is 79.6 Å². The molecule has 3 heterocycles. The number of guanidine groups is 1. The molecule has 1 aliphatic heterocycles. The molecule has 2 aromatic heterocycles. The van der Waals surface area contributed by atoms with Crippen molar-refractivity contribution in [2.24, 2.45) is 10.9 Å². The minimum Gasteiger partial charge on any atom is -0.374 e. The average molecular weight is 428 g/mol. The first-order valence-electron chi connectivity index (χ1n) is 11.3. The molecule has 1 unspecified atom stereocenters. The first-order chi connectivity index (χ1) is 14.9. The molecule has 1 atom stereocenters. The van der Waals surface area contributed by atoms with Crippen LogP contribution in [-0.2, 0) is 11.3 Å². The van der Waals surface area contributed by atoms with Gasteiger partial charge in [0.25, 0.3) is 0 Å². The van der Waals surface area contributed by atoms with E-state index in [1.54, 1.807) is 0 Å². The molecule has 3 rings (SSSR count). The van der Waals surface area contributed by atoms with E-state index < -0.39 is 0 Å². The van der Waals surface area contributed by atoms with Crippen LogP contribution in [0.2, 0.25) is 0 Å². The average Bonchev–Trinajstić information content (AvgIpc) is 3.08. The molecule has 0 saturated carbocycles. The van der Waals surface area contributed by atoms with Crippen LogP contribution in [0.15, 0.2) is 29.4 Å². The molecule has 0 amide bonds. The minimum atomic E-state index is 0.179. The summed E-state index contributed by atoms with van der Waals surface area (Å²) in [7, 11) is 0. The Bertz CT molecular complexity index is 844. The van der Waals surface area contributed by atoms with Crippen LogP contribution in [0, 0.1) is 19.8 Å². The Labute approximate surface area is 186 Å². The molecule has 2 N–H and O–H groups in total. The highest BCUT2D eigenvalue weighted by molar-refractivity contribution is 5.79. The highest BCUT2D eigenvalue weighted by Gasteiger charge is 2.21. The monoisotopic (exact) mass is 427 g/mol. The zero-order valence-corrected chi connectivity index (χ0v) is 19.6. The zero-order valence-electron chi connectivity index (χ0n) is 19.6. The lowest BCUT2D eigenvalue weighted by atomic mass is 10.2. The molecule has 2 aromatic rings. The Morgan fingerprint density at radius 3 is 2.77 bits per heavy atom. The van der Waals surface area contributed by atoms with Gasteiger partial charge in [0, 0.05) is 44.6 Å². The number of ether oxygens (including phenoxy) is 1. The van der Waals surface area contributed by atoms with Crippen molar-refractivity contribution >= 4 is 5.96 Å². The molecular weight excluding hydrogens is 390 g/mol. The summed E-state index contributed by atoms with van der Waals surface area (Å²) in [5, 5.41) is 11.2. The summed E-state index contributed by atoms with van der Waals surface area (Å²) in [4.78, 5) is 11.8. The molecule has 8 heteroatoms. The van der Waals surface area contributed by atoms with Gasteiger partial charge in [-0.15, -0.1) is 0 Å². The molecule has 0 spiro atoms. The first-order valence-corrected chi connectivity index (χ1v) is 11.3. The van der Waals surface area contributed by atoms with Gasteiger partial charge in [0.05, 0.1) is 24.9 Å². The van der Waals surface area contributed by atoms with Gasteiger partial charge in [-0.05, 0) is 44.4 Å². The molecule has 0 aromatic carbocycles. The van der Waals surface area contributed by atoms with Gasteiger partial charge in [0.1, 0.15) is 0 Å². The molecule has 0 bridgehead atoms. The van der Waals surface area contributed by atoms with Crippen molar-refractivity contribution in [1.82, 2.24) is 30.3 Å². The van der Waals surface area contributed by atoms with Crippen LogP contribution in [0.1, 0.15) is 37.7 Å². The molecule has 1 aliphatic rings. The third kappa shape index (κ3) is 7.04. The summed E-state index contributed by atoms with van der Waals surface area (Å²) >= 11 is 0. The maximum Gasteiger partial charge on any atom is 0.191 e. The number of nitrogens with one attached hydrogen (secondary N) is 2. The van der Waals surface area contributed by atoms with E-state index in [1.165, 1.54) is 0 Å². The van der Waals surface area contributed by atoms with Crippen molar-refractivity contribution in [2.45, 2.75) is 47.3 Å². The van der Waals surface area contributed by atoms with Crippen molar-refractivity contribution in [1.29, 1.82) is 0 Å². The van der Waals surface area contributed by atoms with Crippen molar-refractivity contribution in [3.05, 3.63) is 41.3 Å². The standard InChI is InChI=1S/C23H37N7O/c1-6-24-23(27-14-21-16-29(9-10-31-21)15-17(2)3)26-13-20-7-8-22(25-12-20)30-19(5)11-18(4)28-30/h7-8,11-12,17,21H,6,9-10,13-16H2,1-5H3,(H2,24,26,27). The minimum absolute atomic E-state index is 0.179. The molecular formula is C23H37N7O. The number of aliphatic imine (C=N–C) groups is 1. The van der Waals surface area contributed by atoms with Gasteiger partial charge in [0.15, 0.2) is 11.8 Å². The van der Waals surface area contributed by atoms with Gasteiger partial charge in [-0.2, -0.15) is 5.10 Å². The van der Waals surface area contributed by atoms with E-state index >= 15 is 0 Å². The van der Waals surface area contributed by atoms with Gasteiger partial charge in [-0.25, -0.2) is 14.7 Å². The van der Waals surface area contributed by atoms with Crippen LogP contribution in [0.25, 0.3) is 5.82 Å². The molecule has 0 radical (unpaired) electrons. The molecule has 0 aliphatic carbocycles. The highest BCUT2D eigenvalue weighted by Crippen LogP contribution is 2.11. The Kier molecular flexibility index (Phi) is 8.43. The SMILES string of the molecule is CCNC(=NCc1ccc(-n2nc(C)cc2C)nc1)NCC1CN(CC(C)C)CCO1. The third-order valence-electron chi connectivity index (χ3n) is 5.14. The highest BCUT2D eigenvalue weighted by atomic mass is 16.5. The van der Waals surface area contributed by atoms with Crippen molar-refractivity contribution in [3.8, 4) is 5.82 Å². The summed E-state index contributed by atoms with van der Waals surface area (Å²) in [6.07, 6.45) is 2.05. The summed E-state index contributed by atoms with van der Waals surface area (Å²) < 4.78 is 7.80. The van der Waals surface area contributed by atoms with E-state index in [-0.39, 0.29) is 6.10 Å². The van der Waals surface area contributed by atoms with E-state index in [4.69, 9.17) is 9.73 Å². The van der Waals surface area contributed by atoms with Crippen LogP contribution in [-0.4, -0.2) is 71.1 Å². The summed E-state index contributed by atoms with van der Waals surface area (Å²) in [6.45, 7) is 16.6. The molecule has 1 fully saturated rings. The van der Waals surface area contributed by atoms with Crippen molar-refractivity contribution < 1.29 is 4.74 Å². The fraction of sp³-hybridized carbons (Fsp3) is 0.609. The van der Waals surface area contributed by atoms with Crippen LogP contribution in [0.3, 0.4) is 0 Å². The van der Waals surface area contributed by atoms with E-state index in [0.29, 0.717) is 12.5 Å². The summed E-state index contributed by atoms with van der Waals surface area (Å²) in [6, 6.07) is 6.09. The number of nitrogens with zero attached hydrogens (tertiary/aromatic N) is 5. The summed E-state index contributed by atoms with van der Waals surface area (Å²) in [5.74, 6) is 2.30. The zero-order chi connectivity index (χ0) is 22.2. The van der Waals surface area contributed by atoms with Gasteiger partial charge >= 0.3 is 0 Å². The number of morpholine rings is 1. The number of hydrogen-bond acceptors (Lipinski definition) is 5. The lowest BCUT2D eigenvalue weighted by Gasteiger charge is -2.34. The van der Waals surface area contributed by atoms with Crippen molar-refractivity contribution in [3.63, 3.8) is 0 Å². The van der Waals surface area contributed by atoms with Gasteiger partial charge in [0.2, 0.25) is 0 Å². The second kappa shape index (κ2) is 11.2. The van der Waals surface area contributed by atoms with Crippen LogP contribution in [0.4, 0.5) is 0 Å². The van der Waals surface area contributed by atoms with Crippen LogP contribution >= 0.6 is 0 Å². The maximum absolute atomic E-state index is 5.94. The molecule has 1 saturated heterocycles. The summed E-state index contributed by atoms with van der Waals surface area (Å²) in [5.41, 5.74) is 3.12. The second-order valence-electron chi connectivity index (χ2n) is 8.59. The number of rotatable bonds is 8. The Balaban J connectivity index is 1.55. The molecule has 31 heavy (non-hydrogen) atoms. The number of aryl methyl sites for hydroxylation is 2. The second-order valence-corrected chi connectivity index (χ2v) is 8.59. The van der Waals surface area contributed by atoms with E-state index in [9.17, 15) is 0 Å². The third-order valence-corrected chi connectivity index (χ3v) is 5.14. The van der Waals surface area contributed by atoms with Crippen LogP contribution < -0.4 is 10.6 Å². The van der Waals surface area contributed by atoms with Crippen molar-refractivity contribution in [2.75, 3.05) is 39.3 Å². The normalized spacial score (nSPS) is 17.9. The lowest BCUT2D eigenvalue weighted by Crippen LogP contribution is -2.50. The smallest absolute Gasteiger partial charge is 0.191 e. The van der Waals surface area contributed by atoms with E-state index in [2.05, 4.69) is 52.5 Å². The predicted molar refractivity (Wildman–Crippen MR) is 125 cm³/mol. The Morgan fingerprint density at radius 2 is 2.13 bits per heavy atom. The Morgan fingerprint density at radius 1 is 1.29 bits per heavy atom. The number of aromatic nitrogens is 3. The maximum atomic E-state index is 5.94. The fourth-order valence-electron chi connectivity index (χ4n) is 3.81. The number of hydrogen-bond donors (Lipinski definition) is 2. The number of pyridine rings is 1. The van der Waals surface area contributed by atoms with E-state index in [0.717, 1.165) is 68.1 Å². The van der Waals surface area contributed by atoms with Gasteiger partial charge < -0.3 is 15.4 Å². The lowest BCUT2D eigenvalue weighted by molar-refractivity contribution is -0.0284. The predicted octanol–water partition coefficient (Wildman–Crippen LogP) is 2.30. The first kappa shape index (κ1) is 23.2. The molecule has 8 nitrogen and oxygen atoms in total. The van der Waals surface area contributed by atoms with E-state index in [1.807, 2.05) is 36.9 Å². The van der Waals surface area contributed by atoms with Gasteiger partial charge in [-0.1, -0.05) is 19.9 Å². The fourth-order valence-corrected chi connectivity index (χ4v) is 3.81. The van der Waals surface area contributed by atoms with Gasteiger partial charge in [-0.3, -0.25) is 4.90 Å². The Hall–Kier alpha value is -2.45. The quantitative estimate of drug-likeness (QED) is 0.497. The van der Waals surface area contributed by atoms with Crippen LogP contribution in [0.5, 0.6) is 0 Å². The molecule has 170 valence electrons.